The van der Waals surface area contributed by atoms with Gasteiger partial charge in [0.1, 0.15) is 11.8 Å². The number of carbonyl (C=O) groups excluding carboxylic acids is 3. The zero-order chi connectivity index (χ0) is 26.8. The van der Waals surface area contributed by atoms with Gasteiger partial charge in [-0.25, -0.2) is 4.90 Å². The van der Waals surface area contributed by atoms with Crippen LogP contribution in [0.3, 0.4) is 0 Å². The van der Waals surface area contributed by atoms with Crippen molar-refractivity contribution in [2.45, 2.75) is 18.3 Å². The summed E-state index contributed by atoms with van der Waals surface area (Å²) in [5, 5.41) is 5.93. The number of methoxy groups -OCH3 is 1. The summed E-state index contributed by atoms with van der Waals surface area (Å²) in [7, 11) is 1.49. The highest BCUT2D eigenvalue weighted by atomic mass is 19.4. The molecule has 0 saturated carbocycles. The van der Waals surface area contributed by atoms with Gasteiger partial charge in [0.15, 0.2) is 5.78 Å². The van der Waals surface area contributed by atoms with Gasteiger partial charge < -0.3 is 4.74 Å². The summed E-state index contributed by atoms with van der Waals surface area (Å²) in [5.41, 5.74) is 0.00513. The Morgan fingerprint density at radius 1 is 0.895 bits per heavy atom. The maximum absolute atomic E-state index is 13.9. The first kappa shape index (κ1) is 23.9. The van der Waals surface area contributed by atoms with Crippen molar-refractivity contribution in [1.82, 2.24) is 5.01 Å². The van der Waals surface area contributed by atoms with Crippen molar-refractivity contribution in [3.63, 3.8) is 0 Å². The number of halogens is 3. The molecule has 0 unspecified atom stereocenters. The second kappa shape index (κ2) is 8.54. The van der Waals surface area contributed by atoms with Crippen LogP contribution in [0.5, 0.6) is 5.75 Å². The van der Waals surface area contributed by atoms with E-state index >= 15 is 0 Å². The van der Waals surface area contributed by atoms with Crippen molar-refractivity contribution in [3.8, 4) is 5.75 Å². The molecule has 0 radical (unpaired) electrons. The molecule has 3 heterocycles. The van der Waals surface area contributed by atoms with Gasteiger partial charge in [0.25, 0.3) is 0 Å². The molecular formula is C28H20F3N3O4. The molecule has 0 aromatic heterocycles. The molecule has 3 aliphatic heterocycles. The van der Waals surface area contributed by atoms with Crippen LogP contribution in [0.1, 0.15) is 33.1 Å². The van der Waals surface area contributed by atoms with E-state index in [1.807, 2.05) is 0 Å². The fourth-order valence-electron chi connectivity index (χ4n) is 5.74. The smallest absolute Gasteiger partial charge is 0.418 e. The first-order chi connectivity index (χ1) is 18.2. The Morgan fingerprint density at radius 3 is 2.26 bits per heavy atom. The van der Waals surface area contributed by atoms with Crippen LogP contribution in [0.4, 0.5) is 18.9 Å². The number of rotatable bonds is 4. The molecule has 3 aromatic rings. The van der Waals surface area contributed by atoms with Crippen LogP contribution < -0.4 is 9.64 Å². The molecule has 6 rings (SSSR count). The van der Waals surface area contributed by atoms with Crippen LogP contribution in [0, 0.1) is 11.8 Å². The molecule has 0 N–H and O–H groups in total. The number of imide groups is 1. The molecule has 2 fully saturated rings. The van der Waals surface area contributed by atoms with Crippen molar-refractivity contribution in [3.05, 3.63) is 95.1 Å². The molecule has 4 atom stereocenters. The maximum Gasteiger partial charge on any atom is 0.418 e. The number of fused-ring (bicyclic) bond motifs is 5. The summed E-state index contributed by atoms with van der Waals surface area (Å²) in [6.07, 6.45) is -3.23. The van der Waals surface area contributed by atoms with Crippen LogP contribution in [0.25, 0.3) is 0 Å². The summed E-state index contributed by atoms with van der Waals surface area (Å²) < 4.78 is 46.7. The first-order valence-electron chi connectivity index (χ1n) is 11.9. The zero-order valence-corrected chi connectivity index (χ0v) is 19.9. The summed E-state index contributed by atoms with van der Waals surface area (Å²) in [5.74, 6) is -3.92. The number of nitrogens with zero attached hydrogens (tertiary/aromatic N) is 3. The van der Waals surface area contributed by atoms with Gasteiger partial charge in [0, 0.05) is 5.56 Å². The number of Topliss-reactive ketones (excluding diaryl/α,β-unsaturated/α-hetero) is 1. The van der Waals surface area contributed by atoms with Crippen molar-refractivity contribution in [1.29, 1.82) is 0 Å². The number of ether oxygens (including phenoxy) is 1. The fourth-order valence-corrected chi connectivity index (χ4v) is 5.74. The number of hydrogen-bond donors (Lipinski definition) is 0. The van der Waals surface area contributed by atoms with E-state index in [-0.39, 0.29) is 5.56 Å². The number of amides is 2. The number of anilines is 1. The quantitative estimate of drug-likeness (QED) is 0.375. The molecular weight excluding hydrogens is 499 g/mol. The van der Waals surface area contributed by atoms with Crippen molar-refractivity contribution < 1.29 is 32.3 Å². The average molecular weight is 519 g/mol. The molecule has 192 valence electrons. The van der Waals surface area contributed by atoms with E-state index in [1.54, 1.807) is 54.7 Å². The van der Waals surface area contributed by atoms with Crippen LogP contribution in [-0.4, -0.2) is 42.0 Å². The largest absolute Gasteiger partial charge is 0.497 e. The third kappa shape index (κ3) is 3.43. The number of para-hydroxylation sites is 1. The Bertz CT molecular complexity index is 1500. The number of hydrogen-bond acceptors (Lipinski definition) is 6. The van der Waals surface area contributed by atoms with Crippen LogP contribution in [0.2, 0.25) is 0 Å². The van der Waals surface area contributed by atoms with Gasteiger partial charge in [0.2, 0.25) is 11.8 Å². The normalized spacial score (nSPS) is 23.8. The molecule has 3 aliphatic rings. The SMILES string of the molecule is COc1ccc(C(=O)[C@@H]2[C@@H]3C(=O)N(c4ccccc4C(F)(F)F)C(=O)[C@@H]3[C@@H]3c4ccccc4C=NN23)cc1. The van der Waals surface area contributed by atoms with Crippen LogP contribution in [-0.2, 0) is 15.8 Å². The minimum atomic E-state index is -4.79. The van der Waals surface area contributed by atoms with Crippen LogP contribution >= 0.6 is 0 Å². The molecule has 7 nitrogen and oxygen atoms in total. The highest BCUT2D eigenvalue weighted by Crippen LogP contribution is 2.54. The standard InChI is InChI=1S/C28H20F3N3O4/c1-38-17-12-10-15(11-13-17)25(35)24-22-21(23-18-7-3-2-6-16(18)14-32-34(23)24)26(36)33(27(22)37)20-9-5-4-8-19(20)28(29,30)31/h2-14,21-24H,1H3/t21-,22+,23-,24-/m0/s1. The summed E-state index contributed by atoms with van der Waals surface area (Å²) in [6.45, 7) is 0. The molecule has 3 aromatic carbocycles. The fraction of sp³-hybridized carbons (Fsp3) is 0.214. The Morgan fingerprint density at radius 2 is 1.55 bits per heavy atom. The van der Waals surface area contributed by atoms with Gasteiger partial charge in [-0.05, 0) is 47.5 Å². The monoisotopic (exact) mass is 519 g/mol. The van der Waals surface area contributed by atoms with Gasteiger partial charge in [-0.1, -0.05) is 36.4 Å². The Kier molecular flexibility index (Phi) is 5.37. The molecule has 2 amide bonds. The summed E-state index contributed by atoms with van der Waals surface area (Å²) in [4.78, 5) is 42.2. The third-order valence-corrected chi connectivity index (χ3v) is 7.39. The minimum Gasteiger partial charge on any atom is -0.497 e. The number of ketones is 1. The highest BCUT2D eigenvalue weighted by molar-refractivity contribution is 6.25. The maximum atomic E-state index is 13.9. The van der Waals surface area contributed by atoms with Gasteiger partial charge in [-0.15, -0.1) is 0 Å². The van der Waals surface area contributed by atoms with Crippen molar-refractivity contribution in [2.24, 2.45) is 16.9 Å². The number of hydrazone groups is 1. The van der Waals surface area contributed by atoms with Gasteiger partial charge >= 0.3 is 6.18 Å². The molecule has 38 heavy (non-hydrogen) atoms. The molecule has 0 bridgehead atoms. The molecule has 2 saturated heterocycles. The average Bonchev–Trinajstić information content (AvgIpc) is 3.40. The van der Waals surface area contributed by atoms with E-state index in [1.165, 1.54) is 24.3 Å². The van der Waals surface area contributed by atoms with Gasteiger partial charge in [-0.2, -0.15) is 18.3 Å². The van der Waals surface area contributed by atoms with E-state index in [0.717, 1.165) is 12.1 Å². The molecule has 0 aliphatic carbocycles. The van der Waals surface area contributed by atoms with Gasteiger partial charge in [-0.3, -0.25) is 19.4 Å². The predicted molar refractivity (Wildman–Crippen MR) is 131 cm³/mol. The Balaban J connectivity index is 1.50. The highest BCUT2D eigenvalue weighted by Gasteiger charge is 2.65. The predicted octanol–water partition coefficient (Wildman–Crippen LogP) is 4.48. The minimum absolute atomic E-state index is 0.263. The van der Waals surface area contributed by atoms with Crippen LogP contribution in [0.15, 0.2) is 77.9 Å². The lowest BCUT2D eigenvalue weighted by Crippen LogP contribution is -2.45. The second-order valence-corrected chi connectivity index (χ2v) is 9.31. The van der Waals surface area contributed by atoms with E-state index in [2.05, 4.69) is 5.10 Å². The number of carbonyl (C=O) groups is 3. The lowest BCUT2D eigenvalue weighted by Gasteiger charge is -2.34. The van der Waals surface area contributed by atoms with E-state index in [0.29, 0.717) is 21.8 Å². The summed E-state index contributed by atoms with van der Waals surface area (Å²) in [6, 6.07) is 15.9. The third-order valence-electron chi connectivity index (χ3n) is 7.39. The number of benzene rings is 3. The first-order valence-corrected chi connectivity index (χ1v) is 11.9. The van der Waals surface area contributed by atoms with E-state index in [4.69, 9.17) is 4.74 Å². The molecule has 0 spiro atoms. The van der Waals surface area contributed by atoms with E-state index < -0.39 is 58.9 Å². The molecule has 10 heteroatoms. The second-order valence-electron chi connectivity index (χ2n) is 9.31. The van der Waals surface area contributed by atoms with E-state index in [9.17, 15) is 27.6 Å². The number of alkyl halides is 3. The zero-order valence-electron chi connectivity index (χ0n) is 19.9. The summed E-state index contributed by atoms with van der Waals surface area (Å²) >= 11 is 0. The topological polar surface area (TPSA) is 79.3 Å². The van der Waals surface area contributed by atoms with Crippen molar-refractivity contribution in [2.75, 3.05) is 12.0 Å². The Hall–Kier alpha value is -4.47. The lowest BCUT2D eigenvalue weighted by atomic mass is 9.83. The van der Waals surface area contributed by atoms with Gasteiger partial charge in [0.05, 0.1) is 42.5 Å². The lowest BCUT2D eigenvalue weighted by molar-refractivity contribution is -0.137. The van der Waals surface area contributed by atoms with Crippen molar-refractivity contribution >= 4 is 29.5 Å². The Labute approximate surface area is 215 Å².